The van der Waals surface area contributed by atoms with Gasteiger partial charge in [0.1, 0.15) is 0 Å². The fourth-order valence-electron chi connectivity index (χ4n) is 4.04. The SMILES string of the molecule is C=Nc1cccc(S(=O)(=O)NC(=O)Nc2c3c(cc4c2CCC4)CCC3)c1. The molecule has 2 aliphatic rings. The van der Waals surface area contributed by atoms with Crippen molar-refractivity contribution in [3.05, 3.63) is 52.6 Å². The Morgan fingerprint density at radius 3 is 2.30 bits per heavy atom. The first-order valence-electron chi connectivity index (χ1n) is 9.05. The predicted molar refractivity (Wildman–Crippen MR) is 105 cm³/mol. The maximum absolute atomic E-state index is 12.5. The molecule has 0 fully saturated rings. The number of sulfonamides is 1. The van der Waals surface area contributed by atoms with Crippen LogP contribution < -0.4 is 10.0 Å². The molecule has 2 N–H and O–H groups in total. The van der Waals surface area contributed by atoms with Gasteiger partial charge >= 0.3 is 6.03 Å². The van der Waals surface area contributed by atoms with Crippen molar-refractivity contribution < 1.29 is 13.2 Å². The fourth-order valence-corrected chi connectivity index (χ4v) is 4.98. The Morgan fingerprint density at radius 2 is 1.67 bits per heavy atom. The van der Waals surface area contributed by atoms with Crippen LogP contribution in [-0.4, -0.2) is 21.2 Å². The number of nitrogens with zero attached hydrogens (tertiary/aromatic N) is 1. The first-order chi connectivity index (χ1) is 13.0. The molecule has 2 amide bonds. The van der Waals surface area contributed by atoms with Crippen molar-refractivity contribution in [2.75, 3.05) is 5.32 Å². The second-order valence-corrected chi connectivity index (χ2v) is 8.63. The van der Waals surface area contributed by atoms with Crippen LogP contribution >= 0.6 is 0 Å². The summed E-state index contributed by atoms with van der Waals surface area (Å²) in [5, 5.41) is 2.83. The van der Waals surface area contributed by atoms with Crippen molar-refractivity contribution in [3.63, 3.8) is 0 Å². The van der Waals surface area contributed by atoms with Crippen molar-refractivity contribution in [1.29, 1.82) is 0 Å². The third-order valence-corrected chi connectivity index (χ3v) is 6.58. The zero-order chi connectivity index (χ0) is 19.0. The first kappa shape index (κ1) is 17.7. The largest absolute Gasteiger partial charge is 0.333 e. The molecule has 140 valence electrons. The molecule has 2 aliphatic carbocycles. The smallest absolute Gasteiger partial charge is 0.307 e. The summed E-state index contributed by atoms with van der Waals surface area (Å²) in [6.45, 7) is 3.39. The van der Waals surface area contributed by atoms with Gasteiger partial charge in [0.05, 0.1) is 10.6 Å². The highest BCUT2D eigenvalue weighted by molar-refractivity contribution is 7.90. The molecule has 0 saturated heterocycles. The van der Waals surface area contributed by atoms with Gasteiger partial charge in [0.25, 0.3) is 10.0 Å². The lowest BCUT2D eigenvalue weighted by atomic mass is 9.99. The monoisotopic (exact) mass is 383 g/mol. The minimum Gasteiger partial charge on any atom is -0.307 e. The molecular formula is C20H21N3O3S. The summed E-state index contributed by atoms with van der Waals surface area (Å²) in [4.78, 5) is 16.2. The number of hydrogen-bond acceptors (Lipinski definition) is 4. The van der Waals surface area contributed by atoms with E-state index in [4.69, 9.17) is 0 Å². The second kappa shape index (κ2) is 6.81. The molecule has 0 radical (unpaired) electrons. The Hall–Kier alpha value is -2.67. The molecule has 0 aromatic heterocycles. The number of aliphatic imine (C=N–C) groups is 1. The number of anilines is 1. The van der Waals surface area contributed by atoms with Crippen LogP contribution in [0.2, 0.25) is 0 Å². The molecule has 6 nitrogen and oxygen atoms in total. The van der Waals surface area contributed by atoms with E-state index in [1.165, 1.54) is 23.3 Å². The number of urea groups is 1. The van der Waals surface area contributed by atoms with Crippen LogP contribution in [0.4, 0.5) is 16.2 Å². The van der Waals surface area contributed by atoms with E-state index in [0.29, 0.717) is 5.69 Å². The summed E-state index contributed by atoms with van der Waals surface area (Å²) in [6, 6.07) is 7.53. The Balaban J connectivity index is 1.59. The number of amides is 2. The lowest BCUT2D eigenvalue weighted by Crippen LogP contribution is -2.35. The van der Waals surface area contributed by atoms with Crippen molar-refractivity contribution in [2.45, 2.75) is 43.4 Å². The van der Waals surface area contributed by atoms with Crippen LogP contribution in [-0.2, 0) is 35.7 Å². The van der Waals surface area contributed by atoms with Crippen LogP contribution in [0, 0.1) is 0 Å². The van der Waals surface area contributed by atoms with Crippen molar-refractivity contribution in [3.8, 4) is 0 Å². The standard InChI is InChI=1S/C20H21N3O3S/c1-21-15-7-4-8-16(12-15)27(25,26)23-20(24)22-19-17-9-2-5-13(17)11-14-6-3-10-18(14)19/h4,7-8,11-12H,1-3,5-6,9-10H2,(H2,22,23,24). The van der Waals surface area contributed by atoms with E-state index in [2.05, 4.69) is 27.8 Å². The van der Waals surface area contributed by atoms with Gasteiger partial charge in [-0.15, -0.1) is 0 Å². The summed E-state index contributed by atoms with van der Waals surface area (Å²) in [5.41, 5.74) is 6.10. The molecule has 0 atom stereocenters. The molecule has 4 rings (SSSR count). The summed E-state index contributed by atoms with van der Waals surface area (Å²) in [6.07, 6.45) is 5.98. The number of carbonyl (C=O) groups excluding carboxylic acids is 1. The Morgan fingerprint density at radius 1 is 1.00 bits per heavy atom. The fraction of sp³-hybridized carbons (Fsp3) is 0.300. The van der Waals surface area contributed by atoms with Crippen molar-refractivity contribution >= 4 is 34.1 Å². The maximum Gasteiger partial charge on any atom is 0.333 e. The van der Waals surface area contributed by atoms with Crippen LogP contribution in [0.1, 0.15) is 35.1 Å². The van der Waals surface area contributed by atoms with E-state index in [0.717, 1.165) is 55.3 Å². The van der Waals surface area contributed by atoms with Crippen molar-refractivity contribution in [1.82, 2.24) is 4.72 Å². The molecule has 0 heterocycles. The van der Waals surface area contributed by atoms with Crippen LogP contribution in [0.15, 0.2) is 40.2 Å². The average Bonchev–Trinajstić information content (AvgIpc) is 3.30. The normalized spacial score (nSPS) is 15.1. The van der Waals surface area contributed by atoms with E-state index in [9.17, 15) is 13.2 Å². The maximum atomic E-state index is 12.5. The minimum absolute atomic E-state index is 0.0222. The quantitative estimate of drug-likeness (QED) is 0.792. The lowest BCUT2D eigenvalue weighted by molar-refractivity contribution is 0.256. The number of carbonyl (C=O) groups is 1. The Labute approximate surface area is 158 Å². The number of benzene rings is 2. The van der Waals surface area contributed by atoms with E-state index >= 15 is 0 Å². The number of rotatable bonds is 4. The van der Waals surface area contributed by atoms with Gasteiger partial charge < -0.3 is 5.32 Å². The zero-order valence-corrected chi connectivity index (χ0v) is 15.7. The van der Waals surface area contributed by atoms with Gasteiger partial charge in [0.2, 0.25) is 0 Å². The predicted octanol–water partition coefficient (Wildman–Crippen LogP) is 3.51. The topological polar surface area (TPSA) is 87.6 Å². The number of fused-ring (bicyclic) bond motifs is 2. The zero-order valence-electron chi connectivity index (χ0n) is 14.9. The highest BCUT2D eigenvalue weighted by Crippen LogP contribution is 2.38. The summed E-state index contributed by atoms with van der Waals surface area (Å²) < 4.78 is 27.2. The van der Waals surface area contributed by atoms with Crippen LogP contribution in [0.3, 0.4) is 0 Å². The van der Waals surface area contributed by atoms with E-state index < -0.39 is 16.1 Å². The summed E-state index contributed by atoms with van der Waals surface area (Å²) in [7, 11) is -3.99. The van der Waals surface area contributed by atoms with Gasteiger partial charge in [-0.05, 0) is 85.7 Å². The van der Waals surface area contributed by atoms with E-state index in [-0.39, 0.29) is 4.90 Å². The average molecular weight is 383 g/mol. The first-order valence-corrected chi connectivity index (χ1v) is 10.5. The van der Waals surface area contributed by atoms with E-state index in [1.807, 2.05) is 0 Å². The number of nitrogens with one attached hydrogen (secondary N) is 2. The number of aryl methyl sites for hydroxylation is 2. The van der Waals surface area contributed by atoms with Crippen LogP contribution in [0.25, 0.3) is 0 Å². The molecular weight excluding hydrogens is 362 g/mol. The number of hydrogen-bond donors (Lipinski definition) is 2. The molecule has 0 bridgehead atoms. The molecule has 0 aliphatic heterocycles. The van der Waals surface area contributed by atoms with Gasteiger partial charge in [-0.1, -0.05) is 12.1 Å². The third-order valence-electron chi connectivity index (χ3n) is 5.25. The molecule has 0 spiro atoms. The molecule has 0 saturated carbocycles. The molecule has 0 unspecified atom stereocenters. The third kappa shape index (κ3) is 3.35. The molecule has 7 heteroatoms. The van der Waals surface area contributed by atoms with Gasteiger partial charge in [-0.3, -0.25) is 4.99 Å². The molecule has 2 aromatic rings. The Bertz CT molecular complexity index is 1010. The summed E-state index contributed by atoms with van der Waals surface area (Å²) in [5.74, 6) is 0. The Kier molecular flexibility index (Phi) is 4.47. The van der Waals surface area contributed by atoms with Crippen molar-refractivity contribution in [2.24, 2.45) is 4.99 Å². The van der Waals surface area contributed by atoms with Gasteiger partial charge in [-0.25, -0.2) is 17.9 Å². The highest BCUT2D eigenvalue weighted by atomic mass is 32.2. The molecule has 2 aromatic carbocycles. The van der Waals surface area contributed by atoms with Gasteiger partial charge in [0, 0.05) is 5.69 Å². The van der Waals surface area contributed by atoms with Crippen LogP contribution in [0.5, 0.6) is 0 Å². The second-order valence-electron chi connectivity index (χ2n) is 6.95. The lowest BCUT2D eigenvalue weighted by Gasteiger charge is -2.16. The summed E-state index contributed by atoms with van der Waals surface area (Å²) >= 11 is 0. The minimum atomic E-state index is -3.99. The highest BCUT2D eigenvalue weighted by Gasteiger charge is 2.26. The van der Waals surface area contributed by atoms with E-state index in [1.54, 1.807) is 12.1 Å². The van der Waals surface area contributed by atoms with Gasteiger partial charge in [0.15, 0.2) is 0 Å². The molecule has 27 heavy (non-hydrogen) atoms. The van der Waals surface area contributed by atoms with Gasteiger partial charge in [-0.2, -0.15) is 0 Å².